The maximum atomic E-state index is 12.8. The summed E-state index contributed by atoms with van der Waals surface area (Å²) < 4.78 is 38.3. The van der Waals surface area contributed by atoms with Crippen LogP contribution in [-0.4, -0.2) is 9.91 Å². The van der Waals surface area contributed by atoms with E-state index >= 15 is 0 Å². The van der Waals surface area contributed by atoms with Gasteiger partial charge in [0.1, 0.15) is 0 Å². The van der Waals surface area contributed by atoms with Gasteiger partial charge in [-0.3, -0.25) is 15.1 Å². The number of rotatable bonds is 3. The second-order valence-corrected chi connectivity index (χ2v) is 5.02. The molecule has 1 aromatic heterocycles. The molecule has 24 heavy (non-hydrogen) atoms. The van der Waals surface area contributed by atoms with Gasteiger partial charge in [0, 0.05) is 35.1 Å². The number of nitrogens with zero attached hydrogens (tertiary/aromatic N) is 2. The molecule has 3 rings (SSSR count). The van der Waals surface area contributed by atoms with Crippen LogP contribution in [0.15, 0.2) is 54.7 Å². The lowest BCUT2D eigenvalue weighted by Crippen LogP contribution is -2.04. The van der Waals surface area contributed by atoms with Crippen molar-refractivity contribution in [2.24, 2.45) is 0 Å². The predicted octanol–water partition coefficient (Wildman–Crippen LogP) is 4.91. The predicted molar refractivity (Wildman–Crippen MR) is 83.1 cm³/mol. The molecule has 0 aliphatic carbocycles. The van der Waals surface area contributed by atoms with Gasteiger partial charge >= 0.3 is 6.18 Å². The van der Waals surface area contributed by atoms with E-state index in [0.29, 0.717) is 16.8 Å². The van der Waals surface area contributed by atoms with Crippen LogP contribution in [0.25, 0.3) is 10.9 Å². The van der Waals surface area contributed by atoms with Crippen LogP contribution in [0.5, 0.6) is 0 Å². The van der Waals surface area contributed by atoms with E-state index in [4.69, 9.17) is 0 Å². The number of hydrogen-bond donors (Lipinski definition) is 1. The van der Waals surface area contributed by atoms with Crippen molar-refractivity contribution in [3.8, 4) is 0 Å². The number of hydrogen-bond acceptors (Lipinski definition) is 4. The van der Waals surface area contributed by atoms with Crippen LogP contribution in [-0.2, 0) is 6.18 Å². The first-order valence-corrected chi connectivity index (χ1v) is 6.82. The number of non-ortho nitro benzene ring substituents is 1. The number of nitro groups is 1. The minimum Gasteiger partial charge on any atom is -0.355 e. The standard InChI is InChI=1S/C16H10F3N3O2/c17-16(18,19)10-1-6-13-14(7-8-20-15(13)9-10)21-11-2-4-12(5-3-11)22(23)24/h1-9H,(H,20,21). The largest absolute Gasteiger partial charge is 0.416 e. The van der Waals surface area contributed by atoms with E-state index in [1.807, 2.05) is 0 Å². The molecule has 0 spiro atoms. The molecule has 0 atom stereocenters. The number of aromatic nitrogens is 1. The molecule has 1 heterocycles. The van der Waals surface area contributed by atoms with Gasteiger partial charge in [-0.2, -0.15) is 13.2 Å². The molecule has 0 aliphatic heterocycles. The molecule has 0 unspecified atom stereocenters. The average molecular weight is 333 g/mol. The van der Waals surface area contributed by atoms with E-state index in [0.717, 1.165) is 12.1 Å². The number of pyridine rings is 1. The van der Waals surface area contributed by atoms with Crippen LogP contribution in [0.1, 0.15) is 5.56 Å². The van der Waals surface area contributed by atoms with Crippen molar-refractivity contribution >= 4 is 28.0 Å². The summed E-state index contributed by atoms with van der Waals surface area (Å²) in [7, 11) is 0. The smallest absolute Gasteiger partial charge is 0.355 e. The molecule has 2 aromatic carbocycles. The fraction of sp³-hybridized carbons (Fsp3) is 0.0625. The van der Waals surface area contributed by atoms with Crippen molar-refractivity contribution in [2.45, 2.75) is 6.18 Å². The summed E-state index contributed by atoms with van der Waals surface area (Å²) in [5.74, 6) is 0. The third-order valence-corrected chi connectivity index (χ3v) is 3.43. The monoisotopic (exact) mass is 333 g/mol. The van der Waals surface area contributed by atoms with Gasteiger partial charge < -0.3 is 5.32 Å². The van der Waals surface area contributed by atoms with Crippen molar-refractivity contribution in [1.29, 1.82) is 0 Å². The van der Waals surface area contributed by atoms with Gasteiger partial charge in [0.25, 0.3) is 5.69 Å². The molecule has 0 bridgehead atoms. The highest BCUT2D eigenvalue weighted by Crippen LogP contribution is 2.33. The molecule has 0 aliphatic rings. The number of anilines is 2. The Kier molecular flexibility index (Phi) is 3.80. The molecule has 0 radical (unpaired) electrons. The summed E-state index contributed by atoms with van der Waals surface area (Å²) in [6.07, 6.45) is -3.03. The zero-order valence-corrected chi connectivity index (χ0v) is 12.0. The number of halogens is 3. The Morgan fingerprint density at radius 3 is 2.38 bits per heavy atom. The van der Waals surface area contributed by atoms with Gasteiger partial charge in [0.05, 0.1) is 16.0 Å². The fourth-order valence-corrected chi connectivity index (χ4v) is 2.26. The fourth-order valence-electron chi connectivity index (χ4n) is 2.26. The van der Waals surface area contributed by atoms with Crippen LogP contribution >= 0.6 is 0 Å². The summed E-state index contributed by atoms with van der Waals surface area (Å²) >= 11 is 0. The molecule has 0 fully saturated rings. The van der Waals surface area contributed by atoms with Crippen LogP contribution in [0, 0.1) is 10.1 Å². The third kappa shape index (κ3) is 3.12. The average Bonchev–Trinajstić information content (AvgIpc) is 2.54. The van der Waals surface area contributed by atoms with E-state index in [1.165, 1.54) is 36.5 Å². The topological polar surface area (TPSA) is 68.1 Å². The summed E-state index contributed by atoms with van der Waals surface area (Å²) in [5, 5.41) is 14.2. The van der Waals surface area contributed by atoms with Crippen LogP contribution in [0.3, 0.4) is 0 Å². The summed E-state index contributed by atoms with van der Waals surface area (Å²) in [4.78, 5) is 14.1. The van der Waals surface area contributed by atoms with Gasteiger partial charge in [0.15, 0.2) is 0 Å². The number of nitrogens with one attached hydrogen (secondary N) is 1. The molecular formula is C16H10F3N3O2. The van der Waals surface area contributed by atoms with Gasteiger partial charge in [-0.25, -0.2) is 0 Å². The Bertz CT molecular complexity index is 909. The van der Waals surface area contributed by atoms with Crippen molar-refractivity contribution in [3.05, 3.63) is 70.4 Å². The molecule has 0 saturated carbocycles. The molecular weight excluding hydrogens is 323 g/mol. The van der Waals surface area contributed by atoms with Gasteiger partial charge in [-0.05, 0) is 30.3 Å². The van der Waals surface area contributed by atoms with Crippen LogP contribution < -0.4 is 5.32 Å². The quantitative estimate of drug-likeness (QED) is 0.546. The molecule has 3 aromatic rings. The molecule has 1 N–H and O–H groups in total. The lowest BCUT2D eigenvalue weighted by atomic mass is 10.1. The van der Waals surface area contributed by atoms with Gasteiger partial charge in [-0.1, -0.05) is 6.07 Å². The van der Waals surface area contributed by atoms with Crippen molar-refractivity contribution in [1.82, 2.24) is 4.98 Å². The Balaban J connectivity index is 1.96. The maximum absolute atomic E-state index is 12.8. The van der Waals surface area contributed by atoms with E-state index in [2.05, 4.69) is 10.3 Å². The number of nitro benzene ring substituents is 1. The molecule has 8 heteroatoms. The maximum Gasteiger partial charge on any atom is 0.416 e. The summed E-state index contributed by atoms with van der Waals surface area (Å²) in [5.41, 5.74) is 0.525. The van der Waals surface area contributed by atoms with E-state index in [-0.39, 0.29) is 11.2 Å². The molecule has 5 nitrogen and oxygen atoms in total. The minimum absolute atomic E-state index is 0.0463. The zero-order valence-electron chi connectivity index (χ0n) is 12.0. The highest BCUT2D eigenvalue weighted by atomic mass is 19.4. The second kappa shape index (κ2) is 5.80. The first-order valence-electron chi connectivity index (χ1n) is 6.82. The number of benzene rings is 2. The third-order valence-electron chi connectivity index (χ3n) is 3.43. The summed E-state index contributed by atoms with van der Waals surface area (Å²) in [6.45, 7) is 0. The van der Waals surface area contributed by atoms with E-state index in [9.17, 15) is 23.3 Å². The minimum atomic E-state index is -4.43. The number of alkyl halides is 3. The highest BCUT2D eigenvalue weighted by Gasteiger charge is 2.30. The molecule has 0 amide bonds. The van der Waals surface area contributed by atoms with Crippen molar-refractivity contribution in [3.63, 3.8) is 0 Å². The molecule has 0 saturated heterocycles. The highest BCUT2D eigenvalue weighted by molar-refractivity contribution is 5.93. The van der Waals surface area contributed by atoms with Gasteiger partial charge in [-0.15, -0.1) is 0 Å². The lowest BCUT2D eigenvalue weighted by Gasteiger charge is -2.11. The lowest BCUT2D eigenvalue weighted by molar-refractivity contribution is -0.384. The summed E-state index contributed by atoms with van der Waals surface area (Å²) in [6, 6.07) is 10.7. The SMILES string of the molecule is O=[N+]([O-])c1ccc(Nc2ccnc3cc(C(F)(F)F)ccc23)cc1. The van der Waals surface area contributed by atoms with E-state index in [1.54, 1.807) is 6.07 Å². The van der Waals surface area contributed by atoms with Crippen LogP contribution in [0.4, 0.5) is 30.2 Å². The Morgan fingerprint density at radius 1 is 1.04 bits per heavy atom. The van der Waals surface area contributed by atoms with Gasteiger partial charge in [0.2, 0.25) is 0 Å². The number of fused-ring (bicyclic) bond motifs is 1. The first-order chi connectivity index (χ1) is 11.3. The second-order valence-electron chi connectivity index (χ2n) is 5.02. The molecule has 122 valence electrons. The van der Waals surface area contributed by atoms with Crippen molar-refractivity contribution < 1.29 is 18.1 Å². The Hall–Kier alpha value is -3.16. The zero-order chi connectivity index (χ0) is 17.3. The van der Waals surface area contributed by atoms with E-state index < -0.39 is 16.7 Å². The Labute approximate surface area is 133 Å². The normalized spacial score (nSPS) is 11.5. The van der Waals surface area contributed by atoms with Crippen molar-refractivity contribution in [2.75, 3.05) is 5.32 Å². The Morgan fingerprint density at radius 2 is 1.75 bits per heavy atom. The first kappa shape index (κ1) is 15.7. The van der Waals surface area contributed by atoms with Crippen LogP contribution in [0.2, 0.25) is 0 Å².